The maximum absolute atomic E-state index is 12.7. The number of nitrogens with zero attached hydrogens (tertiary/aromatic N) is 2. The molecule has 1 heterocycles. The van der Waals surface area contributed by atoms with Gasteiger partial charge in [0.25, 0.3) is 5.91 Å². The number of anilines is 1. The monoisotopic (exact) mass is 535 g/mol. The smallest absolute Gasteiger partial charge is 0.275 e. The molecule has 192 valence electrons. The van der Waals surface area contributed by atoms with Crippen LogP contribution in [0.3, 0.4) is 0 Å². The van der Waals surface area contributed by atoms with E-state index in [-0.39, 0.29) is 5.91 Å². The second-order valence-electron chi connectivity index (χ2n) is 8.73. The van der Waals surface area contributed by atoms with E-state index in [0.29, 0.717) is 35.3 Å². The summed E-state index contributed by atoms with van der Waals surface area (Å²) in [5.41, 5.74) is 4.58. The first kappa shape index (κ1) is 26.7. The van der Waals surface area contributed by atoms with Crippen LogP contribution in [0.5, 0.6) is 11.5 Å². The molecule has 4 aromatic rings. The number of amides is 1. The van der Waals surface area contributed by atoms with E-state index in [1.54, 1.807) is 14.2 Å². The molecule has 4 rings (SSSR count). The Morgan fingerprint density at radius 2 is 1.76 bits per heavy atom. The highest BCUT2D eigenvalue weighted by molar-refractivity contribution is 7.09. The normalized spacial score (nSPS) is 10.9. The maximum atomic E-state index is 12.7. The molecule has 8 heteroatoms. The predicted molar refractivity (Wildman–Crippen MR) is 150 cm³/mol. The molecule has 0 aliphatic heterocycles. The lowest BCUT2D eigenvalue weighted by Gasteiger charge is -2.22. The third kappa shape index (κ3) is 7.55. The molecular formula is C29H30ClN3O3S. The number of thiazole rings is 1. The Labute approximate surface area is 226 Å². The van der Waals surface area contributed by atoms with Crippen molar-refractivity contribution in [3.63, 3.8) is 0 Å². The van der Waals surface area contributed by atoms with Gasteiger partial charge in [-0.3, -0.25) is 9.69 Å². The van der Waals surface area contributed by atoms with Gasteiger partial charge in [-0.15, -0.1) is 11.3 Å². The van der Waals surface area contributed by atoms with Crippen molar-refractivity contribution in [3.05, 3.63) is 105 Å². The van der Waals surface area contributed by atoms with Crippen LogP contribution < -0.4 is 14.8 Å². The van der Waals surface area contributed by atoms with Crippen molar-refractivity contribution in [1.82, 2.24) is 9.88 Å². The zero-order chi connectivity index (χ0) is 26.2. The summed E-state index contributed by atoms with van der Waals surface area (Å²) in [6.45, 7) is 4.12. The lowest BCUT2D eigenvalue weighted by Crippen LogP contribution is -2.25. The van der Waals surface area contributed by atoms with Gasteiger partial charge in [-0.05, 0) is 60.9 Å². The van der Waals surface area contributed by atoms with Crippen molar-refractivity contribution < 1.29 is 14.3 Å². The van der Waals surface area contributed by atoms with Crippen molar-refractivity contribution in [3.8, 4) is 11.5 Å². The van der Waals surface area contributed by atoms with E-state index >= 15 is 0 Å². The molecule has 0 aliphatic rings. The molecule has 0 spiro atoms. The van der Waals surface area contributed by atoms with Crippen LogP contribution in [0.15, 0.2) is 72.1 Å². The largest absolute Gasteiger partial charge is 0.493 e. The lowest BCUT2D eigenvalue weighted by molar-refractivity contribution is 0.102. The highest BCUT2D eigenvalue weighted by Crippen LogP contribution is 2.28. The second kappa shape index (κ2) is 12.7. The number of nitrogens with one attached hydrogen (secondary N) is 1. The van der Waals surface area contributed by atoms with Crippen LogP contribution in [-0.4, -0.2) is 36.6 Å². The Balaban J connectivity index is 1.46. The average Bonchev–Trinajstić information content (AvgIpc) is 3.37. The van der Waals surface area contributed by atoms with E-state index in [4.69, 9.17) is 21.1 Å². The number of methoxy groups -OCH3 is 2. The van der Waals surface area contributed by atoms with Crippen LogP contribution >= 0.6 is 22.9 Å². The van der Waals surface area contributed by atoms with Gasteiger partial charge < -0.3 is 14.8 Å². The van der Waals surface area contributed by atoms with E-state index in [0.717, 1.165) is 40.4 Å². The third-order valence-corrected chi connectivity index (χ3v) is 6.98. The summed E-state index contributed by atoms with van der Waals surface area (Å²) in [6, 6.07) is 21.6. The number of halogens is 1. The molecule has 0 unspecified atom stereocenters. The van der Waals surface area contributed by atoms with Crippen LogP contribution in [0.2, 0.25) is 5.02 Å². The number of aryl methyl sites for hydroxylation is 1. The lowest BCUT2D eigenvalue weighted by atomic mass is 10.1. The minimum absolute atomic E-state index is 0.210. The Kier molecular flexibility index (Phi) is 9.17. The number of rotatable bonds is 11. The first-order valence-corrected chi connectivity index (χ1v) is 13.2. The molecule has 0 bridgehead atoms. The van der Waals surface area contributed by atoms with E-state index in [1.807, 2.05) is 66.9 Å². The summed E-state index contributed by atoms with van der Waals surface area (Å²) in [6.07, 6.45) is 0.813. The van der Waals surface area contributed by atoms with E-state index in [2.05, 4.69) is 27.3 Å². The number of carbonyl (C=O) groups excluding carboxylic acids is 1. The third-order valence-electron chi connectivity index (χ3n) is 5.91. The fraction of sp³-hybridized carbons (Fsp3) is 0.241. The van der Waals surface area contributed by atoms with Crippen molar-refractivity contribution in [1.29, 1.82) is 0 Å². The quantitative estimate of drug-likeness (QED) is 0.234. The van der Waals surface area contributed by atoms with Gasteiger partial charge in [0.2, 0.25) is 0 Å². The Hall–Kier alpha value is -3.39. The van der Waals surface area contributed by atoms with E-state index in [1.165, 1.54) is 11.3 Å². The number of hydrogen-bond acceptors (Lipinski definition) is 6. The number of ether oxygens (including phenoxy) is 2. The van der Waals surface area contributed by atoms with Gasteiger partial charge in [0.1, 0.15) is 10.7 Å². The summed E-state index contributed by atoms with van der Waals surface area (Å²) in [4.78, 5) is 19.7. The van der Waals surface area contributed by atoms with E-state index in [9.17, 15) is 4.79 Å². The molecule has 0 radical (unpaired) electrons. The molecule has 0 saturated carbocycles. The van der Waals surface area contributed by atoms with Crippen molar-refractivity contribution in [2.75, 3.05) is 26.1 Å². The average molecular weight is 536 g/mol. The van der Waals surface area contributed by atoms with Gasteiger partial charge in [-0.2, -0.15) is 0 Å². The van der Waals surface area contributed by atoms with Crippen molar-refractivity contribution in [2.24, 2.45) is 0 Å². The standard InChI is InChI=1S/C29H30ClN3O3S/c1-20-7-10-24(11-8-20)31-29(34)25-19-37-28(32-25)18-33(17-22-5-4-6-23(30)15-22)14-13-21-9-12-26(35-2)27(16-21)36-3/h4-12,15-16,19H,13-14,17-18H2,1-3H3,(H,31,34). The Bertz CT molecular complexity index is 1340. The first-order valence-electron chi connectivity index (χ1n) is 11.9. The van der Waals surface area contributed by atoms with Crippen LogP contribution in [-0.2, 0) is 19.5 Å². The van der Waals surface area contributed by atoms with Crippen molar-refractivity contribution >= 4 is 34.5 Å². The van der Waals surface area contributed by atoms with Gasteiger partial charge >= 0.3 is 0 Å². The zero-order valence-electron chi connectivity index (χ0n) is 21.2. The second-order valence-corrected chi connectivity index (χ2v) is 10.1. The minimum atomic E-state index is -0.210. The summed E-state index contributed by atoms with van der Waals surface area (Å²) >= 11 is 7.73. The Morgan fingerprint density at radius 1 is 0.973 bits per heavy atom. The molecule has 37 heavy (non-hydrogen) atoms. The predicted octanol–water partition coefficient (Wildman–Crippen LogP) is 6.62. The van der Waals surface area contributed by atoms with Crippen LogP contribution in [0.25, 0.3) is 0 Å². The summed E-state index contributed by atoms with van der Waals surface area (Å²) in [5, 5.41) is 6.32. The van der Waals surface area contributed by atoms with Crippen molar-refractivity contribution in [2.45, 2.75) is 26.4 Å². The molecule has 0 fully saturated rings. The summed E-state index contributed by atoms with van der Waals surface area (Å²) in [7, 11) is 3.27. The highest BCUT2D eigenvalue weighted by atomic mass is 35.5. The number of benzene rings is 3. The number of aromatic nitrogens is 1. The van der Waals surface area contributed by atoms with Crippen LogP contribution in [0.1, 0.15) is 32.2 Å². The van der Waals surface area contributed by atoms with Gasteiger partial charge in [-0.1, -0.05) is 47.5 Å². The van der Waals surface area contributed by atoms with Gasteiger partial charge in [0.05, 0.1) is 20.8 Å². The molecule has 0 atom stereocenters. The summed E-state index contributed by atoms with van der Waals surface area (Å²) in [5.74, 6) is 1.21. The molecule has 1 aromatic heterocycles. The Morgan fingerprint density at radius 3 is 2.49 bits per heavy atom. The zero-order valence-corrected chi connectivity index (χ0v) is 22.7. The van der Waals surface area contributed by atoms with Crippen LogP contribution in [0.4, 0.5) is 5.69 Å². The van der Waals surface area contributed by atoms with E-state index < -0.39 is 0 Å². The minimum Gasteiger partial charge on any atom is -0.493 e. The highest BCUT2D eigenvalue weighted by Gasteiger charge is 2.15. The molecule has 3 aromatic carbocycles. The number of carbonyl (C=O) groups is 1. The SMILES string of the molecule is COc1ccc(CCN(Cc2cccc(Cl)c2)Cc2nc(C(=O)Nc3ccc(C)cc3)cs2)cc1OC. The molecule has 6 nitrogen and oxygen atoms in total. The number of hydrogen-bond donors (Lipinski definition) is 1. The molecular weight excluding hydrogens is 506 g/mol. The van der Waals surface area contributed by atoms with Crippen LogP contribution in [0, 0.1) is 6.92 Å². The van der Waals surface area contributed by atoms with Gasteiger partial charge in [0.15, 0.2) is 11.5 Å². The van der Waals surface area contributed by atoms with Gasteiger partial charge in [-0.25, -0.2) is 4.98 Å². The van der Waals surface area contributed by atoms with Gasteiger partial charge in [0, 0.05) is 29.2 Å². The molecule has 1 N–H and O–H groups in total. The fourth-order valence-corrected chi connectivity index (χ4v) is 4.97. The first-order chi connectivity index (χ1) is 17.9. The summed E-state index contributed by atoms with van der Waals surface area (Å²) < 4.78 is 10.8. The topological polar surface area (TPSA) is 63.7 Å². The molecule has 0 saturated heterocycles. The molecule has 1 amide bonds. The molecule has 0 aliphatic carbocycles. The maximum Gasteiger partial charge on any atom is 0.275 e. The fourth-order valence-electron chi connectivity index (χ4n) is 3.94.